The summed E-state index contributed by atoms with van der Waals surface area (Å²) in [5.41, 5.74) is 0.663. The number of alkyl halides is 3. The van der Waals surface area contributed by atoms with Crippen molar-refractivity contribution < 1.29 is 32.3 Å². The number of benzene rings is 2. The van der Waals surface area contributed by atoms with Crippen LogP contribution in [0.15, 0.2) is 60.8 Å². The van der Waals surface area contributed by atoms with Crippen LogP contribution in [0.4, 0.5) is 24.5 Å². The molecule has 262 valence electrons. The normalized spacial score (nSPS) is 14.0. The average Bonchev–Trinajstić information content (AvgIpc) is 3.08. The van der Waals surface area contributed by atoms with Crippen molar-refractivity contribution >= 4 is 53.9 Å². The van der Waals surface area contributed by atoms with Crippen molar-refractivity contribution in [2.45, 2.75) is 46.3 Å². The van der Waals surface area contributed by atoms with Crippen LogP contribution in [0.2, 0.25) is 0 Å². The number of hydrogen-bond acceptors (Lipinski definition) is 6. The van der Waals surface area contributed by atoms with Crippen molar-refractivity contribution in [3.63, 3.8) is 0 Å². The van der Waals surface area contributed by atoms with E-state index in [2.05, 4.69) is 10.3 Å². The fourth-order valence-corrected chi connectivity index (χ4v) is 5.39. The molecule has 14 heteroatoms. The summed E-state index contributed by atoms with van der Waals surface area (Å²) in [7, 11) is 3.15. The maximum Gasteiger partial charge on any atom is 0.417 e. The molecule has 1 aromatic heterocycles. The van der Waals surface area contributed by atoms with E-state index >= 15 is 0 Å². The number of aromatic nitrogens is 1. The molecule has 0 atom stereocenters. The van der Waals surface area contributed by atoms with Gasteiger partial charge in [-0.2, -0.15) is 13.2 Å². The summed E-state index contributed by atoms with van der Waals surface area (Å²) in [5, 5.41) is 3.23. The van der Waals surface area contributed by atoms with E-state index in [0.717, 1.165) is 17.3 Å². The van der Waals surface area contributed by atoms with Crippen molar-refractivity contribution in [2.75, 3.05) is 50.1 Å². The summed E-state index contributed by atoms with van der Waals surface area (Å²) in [6, 6.07) is 14.0. The Balaban J connectivity index is 0.00000400. The summed E-state index contributed by atoms with van der Waals surface area (Å²) in [4.78, 5) is 47.7. The molecule has 9 nitrogen and oxygen atoms in total. The largest absolute Gasteiger partial charge is 0.494 e. The van der Waals surface area contributed by atoms with Gasteiger partial charge in [0, 0.05) is 58.2 Å². The standard InChI is InChI=1S/C34H40F3N5O4.2ClH/c1-6-42-28-14-13-25(21-29(28)41(5)31(44)33(2,3)32(42)45)46-19-9-10-24-20-23(15-16-39-24)22-38-17-18-40(4)30(43)26-11-7-8-12-27(26)34(35,36)37;;/h7-8,11-16,20-21,38H,6,9-10,17-19,22H2,1-5H3;2*1H. The molecule has 0 radical (unpaired) electrons. The van der Waals surface area contributed by atoms with Crippen LogP contribution in [0.1, 0.15) is 54.4 Å². The van der Waals surface area contributed by atoms with Gasteiger partial charge in [-0.25, -0.2) is 0 Å². The topological polar surface area (TPSA) is 95.1 Å². The number of carbonyl (C=O) groups is 3. The zero-order valence-corrected chi connectivity index (χ0v) is 29.2. The number of likely N-dealkylation sites (N-methyl/N-ethyl adjacent to an activating group) is 1. The van der Waals surface area contributed by atoms with Crippen LogP contribution in [-0.2, 0) is 28.7 Å². The first-order valence-corrected chi connectivity index (χ1v) is 15.2. The maximum atomic E-state index is 13.3. The van der Waals surface area contributed by atoms with Gasteiger partial charge >= 0.3 is 6.18 Å². The lowest BCUT2D eigenvalue weighted by atomic mass is 9.90. The molecule has 2 aromatic carbocycles. The number of rotatable bonds is 12. The molecular weight excluding hydrogens is 670 g/mol. The summed E-state index contributed by atoms with van der Waals surface area (Å²) >= 11 is 0. The molecule has 0 aliphatic carbocycles. The number of carbonyl (C=O) groups excluding carboxylic acids is 3. The maximum absolute atomic E-state index is 13.3. The smallest absolute Gasteiger partial charge is 0.417 e. The van der Waals surface area contributed by atoms with E-state index in [9.17, 15) is 27.6 Å². The molecule has 0 saturated carbocycles. The van der Waals surface area contributed by atoms with Gasteiger partial charge in [0.2, 0.25) is 11.8 Å². The van der Waals surface area contributed by atoms with E-state index in [-0.39, 0.29) is 48.7 Å². The number of pyridine rings is 1. The zero-order chi connectivity index (χ0) is 33.6. The fourth-order valence-electron chi connectivity index (χ4n) is 5.39. The lowest BCUT2D eigenvalue weighted by molar-refractivity contribution is -0.138. The van der Waals surface area contributed by atoms with Crippen molar-refractivity contribution in [3.8, 4) is 5.75 Å². The highest BCUT2D eigenvalue weighted by atomic mass is 35.5. The molecule has 1 aliphatic rings. The third-order valence-corrected chi connectivity index (χ3v) is 8.02. The third kappa shape index (κ3) is 9.18. The van der Waals surface area contributed by atoms with Crippen LogP contribution in [0.3, 0.4) is 0 Å². The molecule has 4 rings (SSSR count). The zero-order valence-electron chi connectivity index (χ0n) is 27.6. The Labute approximate surface area is 291 Å². The van der Waals surface area contributed by atoms with Gasteiger partial charge in [-0.15, -0.1) is 24.8 Å². The molecule has 1 N–H and O–H groups in total. The predicted molar refractivity (Wildman–Crippen MR) is 184 cm³/mol. The number of nitrogens with one attached hydrogen (secondary N) is 1. The highest BCUT2D eigenvalue weighted by molar-refractivity contribution is 6.20. The number of nitrogens with zero attached hydrogens (tertiary/aromatic N) is 4. The first kappa shape index (κ1) is 40.3. The quantitative estimate of drug-likeness (QED) is 0.178. The summed E-state index contributed by atoms with van der Waals surface area (Å²) < 4.78 is 45.9. The first-order valence-electron chi connectivity index (χ1n) is 15.2. The van der Waals surface area contributed by atoms with Crippen molar-refractivity contribution in [1.29, 1.82) is 0 Å². The van der Waals surface area contributed by atoms with Crippen molar-refractivity contribution in [3.05, 3.63) is 83.2 Å². The second-order valence-corrected chi connectivity index (χ2v) is 11.7. The molecule has 1 aliphatic heterocycles. The minimum absolute atomic E-state index is 0. The number of ether oxygens (including phenoxy) is 1. The van der Waals surface area contributed by atoms with Crippen LogP contribution in [0.5, 0.6) is 5.75 Å². The number of aryl methyl sites for hydroxylation is 1. The van der Waals surface area contributed by atoms with Crippen LogP contribution in [0, 0.1) is 5.41 Å². The van der Waals surface area contributed by atoms with Crippen LogP contribution in [-0.4, -0.2) is 67.9 Å². The van der Waals surface area contributed by atoms with Gasteiger partial charge in [0.05, 0.1) is 29.1 Å². The molecule has 0 fully saturated rings. The molecule has 0 saturated heterocycles. The highest BCUT2D eigenvalue weighted by Gasteiger charge is 2.45. The number of hydrogen-bond donors (Lipinski definition) is 1. The minimum Gasteiger partial charge on any atom is -0.494 e. The highest BCUT2D eigenvalue weighted by Crippen LogP contribution is 2.40. The van der Waals surface area contributed by atoms with E-state index in [0.29, 0.717) is 56.2 Å². The molecule has 48 heavy (non-hydrogen) atoms. The first-order chi connectivity index (χ1) is 21.8. The lowest BCUT2D eigenvalue weighted by Gasteiger charge is -2.27. The number of anilines is 2. The number of fused-ring (bicyclic) bond motifs is 1. The molecule has 0 bridgehead atoms. The molecule has 0 spiro atoms. The van der Waals surface area contributed by atoms with Crippen LogP contribution >= 0.6 is 24.8 Å². The Hall–Kier alpha value is -3.87. The monoisotopic (exact) mass is 711 g/mol. The number of halogens is 5. The van der Waals surface area contributed by atoms with E-state index in [1.165, 1.54) is 35.0 Å². The lowest BCUT2D eigenvalue weighted by Crippen LogP contribution is -2.47. The van der Waals surface area contributed by atoms with Crippen molar-refractivity contribution in [2.24, 2.45) is 5.41 Å². The predicted octanol–water partition coefficient (Wildman–Crippen LogP) is 6.17. The number of amides is 3. The van der Waals surface area contributed by atoms with E-state index in [1.807, 2.05) is 25.1 Å². The SMILES string of the molecule is CCN1C(=O)C(C)(C)C(=O)N(C)c2cc(OCCCc3cc(CNCCN(C)C(=O)c4ccccc4C(F)(F)F)ccn3)ccc21.Cl.Cl. The van der Waals surface area contributed by atoms with Gasteiger partial charge < -0.3 is 24.8 Å². The Bertz CT molecular complexity index is 1590. The minimum atomic E-state index is -4.60. The van der Waals surface area contributed by atoms with Crippen LogP contribution < -0.4 is 19.9 Å². The van der Waals surface area contributed by atoms with E-state index in [4.69, 9.17) is 4.74 Å². The Morgan fingerprint density at radius 3 is 2.42 bits per heavy atom. The summed E-state index contributed by atoms with van der Waals surface area (Å²) in [5.74, 6) is -0.605. The molecule has 3 aromatic rings. The molecule has 3 amide bonds. The molecule has 2 heterocycles. The van der Waals surface area contributed by atoms with Gasteiger partial charge in [0.15, 0.2) is 0 Å². The third-order valence-electron chi connectivity index (χ3n) is 8.02. The average molecular weight is 713 g/mol. The molecular formula is C34H42Cl2F3N5O4. The summed E-state index contributed by atoms with van der Waals surface area (Å²) in [6.45, 7) is 7.15. The van der Waals surface area contributed by atoms with Crippen LogP contribution in [0.25, 0.3) is 0 Å². The van der Waals surface area contributed by atoms with Gasteiger partial charge in [-0.05, 0) is 75.6 Å². The summed E-state index contributed by atoms with van der Waals surface area (Å²) in [6.07, 6.45) is -1.53. The Morgan fingerprint density at radius 1 is 1.02 bits per heavy atom. The van der Waals surface area contributed by atoms with E-state index in [1.54, 1.807) is 44.1 Å². The van der Waals surface area contributed by atoms with Gasteiger partial charge in [0.25, 0.3) is 5.91 Å². The molecule has 0 unspecified atom stereocenters. The van der Waals surface area contributed by atoms with E-state index < -0.39 is 23.1 Å². The Kier molecular flexibility index (Phi) is 14.3. The Morgan fingerprint density at radius 2 is 1.73 bits per heavy atom. The van der Waals surface area contributed by atoms with Crippen molar-refractivity contribution in [1.82, 2.24) is 15.2 Å². The van der Waals surface area contributed by atoms with Gasteiger partial charge in [-0.3, -0.25) is 19.4 Å². The second-order valence-electron chi connectivity index (χ2n) is 11.7. The second kappa shape index (κ2) is 17.0. The fraction of sp³-hybridized carbons (Fsp3) is 0.412. The van der Waals surface area contributed by atoms with Gasteiger partial charge in [-0.1, -0.05) is 12.1 Å². The van der Waals surface area contributed by atoms with Gasteiger partial charge in [0.1, 0.15) is 11.2 Å².